The third kappa shape index (κ3) is 2.37. The highest BCUT2D eigenvalue weighted by Gasteiger charge is 2.06. The number of nitrogens with zero attached hydrogens (tertiary/aromatic N) is 2. The number of benzene rings is 1. The quantitative estimate of drug-likeness (QED) is 0.774. The molecule has 3 heteroatoms. The number of hydrogen-bond donors (Lipinski definition) is 1. The van der Waals surface area contributed by atoms with Gasteiger partial charge in [0, 0.05) is 36.0 Å². The number of pyridine rings is 1. The van der Waals surface area contributed by atoms with Crippen molar-refractivity contribution in [1.82, 2.24) is 14.9 Å². The van der Waals surface area contributed by atoms with Crippen molar-refractivity contribution in [2.45, 2.75) is 6.54 Å². The zero-order chi connectivity index (χ0) is 13.2. The minimum absolute atomic E-state index is 0.953. The Labute approximate surface area is 112 Å². The minimum Gasteiger partial charge on any atom is -0.361 e. The lowest BCUT2D eigenvalue weighted by Gasteiger charge is -2.08. The van der Waals surface area contributed by atoms with E-state index < -0.39 is 0 Å². The van der Waals surface area contributed by atoms with E-state index in [1.807, 2.05) is 24.5 Å². The summed E-state index contributed by atoms with van der Waals surface area (Å²) < 4.78 is 0. The first-order valence-corrected chi connectivity index (χ1v) is 6.39. The highest BCUT2D eigenvalue weighted by molar-refractivity contribution is 5.87. The number of fused-ring (bicyclic) bond motifs is 1. The normalized spacial score (nSPS) is 11.3. The van der Waals surface area contributed by atoms with Crippen LogP contribution < -0.4 is 0 Å². The number of rotatable bonds is 3. The fourth-order valence-corrected chi connectivity index (χ4v) is 2.38. The molecule has 1 aromatic carbocycles. The first-order valence-electron chi connectivity index (χ1n) is 6.39. The summed E-state index contributed by atoms with van der Waals surface area (Å²) in [6.07, 6.45) is 5.75. The van der Waals surface area contributed by atoms with E-state index in [-0.39, 0.29) is 0 Å². The van der Waals surface area contributed by atoms with Gasteiger partial charge in [0.25, 0.3) is 0 Å². The van der Waals surface area contributed by atoms with Gasteiger partial charge in [-0.3, -0.25) is 4.98 Å². The van der Waals surface area contributed by atoms with Gasteiger partial charge in [-0.1, -0.05) is 12.1 Å². The van der Waals surface area contributed by atoms with Crippen molar-refractivity contribution in [2.24, 2.45) is 0 Å². The number of hydrogen-bond acceptors (Lipinski definition) is 2. The molecule has 0 amide bonds. The van der Waals surface area contributed by atoms with E-state index in [2.05, 4.69) is 53.4 Å². The van der Waals surface area contributed by atoms with Crippen LogP contribution in [-0.2, 0) is 6.54 Å². The van der Waals surface area contributed by atoms with Crippen LogP contribution in [0.15, 0.2) is 48.9 Å². The molecular weight excluding hydrogens is 234 g/mol. The Hall–Kier alpha value is -2.13. The lowest BCUT2D eigenvalue weighted by molar-refractivity contribution is 0.404. The molecule has 0 fully saturated rings. The Morgan fingerprint density at radius 2 is 1.84 bits per heavy atom. The number of nitrogens with one attached hydrogen (secondary N) is 1. The second kappa shape index (κ2) is 4.86. The molecule has 0 saturated heterocycles. The molecule has 0 aliphatic heterocycles. The third-order valence-corrected chi connectivity index (χ3v) is 3.27. The van der Waals surface area contributed by atoms with Gasteiger partial charge < -0.3 is 9.88 Å². The SMILES string of the molecule is CN(C)Cc1c[nH]c2cc(-c3ccncc3)ccc12. The Balaban J connectivity index is 2.03. The summed E-state index contributed by atoms with van der Waals surface area (Å²) in [5.74, 6) is 0. The van der Waals surface area contributed by atoms with Crippen LogP contribution >= 0.6 is 0 Å². The molecule has 2 aromatic heterocycles. The van der Waals surface area contributed by atoms with Gasteiger partial charge in [-0.25, -0.2) is 0 Å². The van der Waals surface area contributed by atoms with Crippen LogP contribution in [0.4, 0.5) is 0 Å². The van der Waals surface area contributed by atoms with Crippen LogP contribution in [0.2, 0.25) is 0 Å². The Morgan fingerprint density at radius 3 is 2.58 bits per heavy atom. The zero-order valence-corrected chi connectivity index (χ0v) is 11.2. The molecule has 0 aliphatic carbocycles. The van der Waals surface area contributed by atoms with Gasteiger partial charge >= 0.3 is 0 Å². The van der Waals surface area contributed by atoms with Crippen LogP contribution in [0.1, 0.15) is 5.56 Å². The van der Waals surface area contributed by atoms with Crippen LogP contribution in [-0.4, -0.2) is 29.0 Å². The molecule has 0 spiro atoms. The molecule has 3 nitrogen and oxygen atoms in total. The van der Waals surface area contributed by atoms with Gasteiger partial charge in [-0.05, 0) is 49.0 Å². The summed E-state index contributed by atoms with van der Waals surface area (Å²) in [7, 11) is 4.17. The van der Waals surface area contributed by atoms with Gasteiger partial charge in [0.1, 0.15) is 0 Å². The molecule has 0 atom stereocenters. The predicted octanol–water partition coefficient (Wildman–Crippen LogP) is 3.29. The fraction of sp³-hybridized carbons (Fsp3) is 0.188. The smallest absolute Gasteiger partial charge is 0.0463 e. The van der Waals surface area contributed by atoms with Gasteiger partial charge in [-0.15, -0.1) is 0 Å². The highest BCUT2D eigenvalue weighted by Crippen LogP contribution is 2.26. The second-order valence-electron chi connectivity index (χ2n) is 5.05. The Bertz CT molecular complexity index is 684. The van der Waals surface area contributed by atoms with E-state index in [0.717, 1.165) is 6.54 Å². The third-order valence-electron chi connectivity index (χ3n) is 3.27. The van der Waals surface area contributed by atoms with Gasteiger partial charge in [-0.2, -0.15) is 0 Å². The molecule has 0 radical (unpaired) electrons. The van der Waals surface area contributed by atoms with Crippen molar-refractivity contribution < 1.29 is 0 Å². The van der Waals surface area contributed by atoms with Crippen LogP contribution in [0.25, 0.3) is 22.0 Å². The van der Waals surface area contributed by atoms with Crippen molar-refractivity contribution in [3.63, 3.8) is 0 Å². The van der Waals surface area contributed by atoms with E-state index in [1.54, 1.807) is 0 Å². The summed E-state index contributed by atoms with van der Waals surface area (Å²) in [5.41, 5.74) is 4.93. The van der Waals surface area contributed by atoms with Crippen molar-refractivity contribution in [1.29, 1.82) is 0 Å². The molecular formula is C16H17N3. The Kier molecular flexibility index (Phi) is 3.05. The maximum Gasteiger partial charge on any atom is 0.0463 e. The zero-order valence-electron chi connectivity index (χ0n) is 11.2. The van der Waals surface area contributed by atoms with E-state index in [9.17, 15) is 0 Å². The standard InChI is InChI=1S/C16H17N3/c1-19(2)11-14-10-18-16-9-13(3-4-15(14)16)12-5-7-17-8-6-12/h3-10,18H,11H2,1-2H3. The topological polar surface area (TPSA) is 31.9 Å². The molecule has 3 rings (SSSR count). The summed E-state index contributed by atoms with van der Waals surface area (Å²) in [6, 6.07) is 10.6. The molecule has 0 bridgehead atoms. The fourth-order valence-electron chi connectivity index (χ4n) is 2.38. The van der Waals surface area contributed by atoms with E-state index in [1.165, 1.54) is 27.6 Å². The summed E-state index contributed by atoms with van der Waals surface area (Å²) >= 11 is 0. The minimum atomic E-state index is 0.953. The maximum atomic E-state index is 4.06. The lowest BCUT2D eigenvalue weighted by atomic mass is 10.0. The molecule has 3 aromatic rings. The van der Waals surface area contributed by atoms with Crippen LogP contribution in [0.5, 0.6) is 0 Å². The lowest BCUT2D eigenvalue weighted by Crippen LogP contribution is -2.09. The monoisotopic (exact) mass is 251 g/mol. The number of H-pyrrole nitrogens is 1. The van der Waals surface area contributed by atoms with Crippen LogP contribution in [0, 0.1) is 0 Å². The summed E-state index contributed by atoms with van der Waals surface area (Å²) in [6.45, 7) is 0.953. The van der Waals surface area contributed by atoms with E-state index >= 15 is 0 Å². The van der Waals surface area contributed by atoms with Crippen LogP contribution in [0.3, 0.4) is 0 Å². The average molecular weight is 251 g/mol. The number of aromatic amines is 1. The molecule has 0 unspecified atom stereocenters. The molecule has 19 heavy (non-hydrogen) atoms. The van der Waals surface area contributed by atoms with Crippen molar-refractivity contribution >= 4 is 10.9 Å². The maximum absolute atomic E-state index is 4.06. The van der Waals surface area contributed by atoms with E-state index in [4.69, 9.17) is 0 Å². The van der Waals surface area contributed by atoms with Crippen molar-refractivity contribution in [3.8, 4) is 11.1 Å². The number of aromatic nitrogens is 2. The largest absolute Gasteiger partial charge is 0.361 e. The average Bonchev–Trinajstić information content (AvgIpc) is 2.81. The molecule has 2 heterocycles. The van der Waals surface area contributed by atoms with Gasteiger partial charge in [0.2, 0.25) is 0 Å². The van der Waals surface area contributed by atoms with Gasteiger partial charge in [0.05, 0.1) is 0 Å². The molecule has 0 saturated carbocycles. The molecule has 0 aliphatic rings. The van der Waals surface area contributed by atoms with Gasteiger partial charge in [0.15, 0.2) is 0 Å². The highest BCUT2D eigenvalue weighted by atomic mass is 15.0. The first kappa shape index (κ1) is 11.9. The summed E-state index contributed by atoms with van der Waals surface area (Å²) in [5, 5.41) is 1.30. The molecule has 1 N–H and O–H groups in total. The second-order valence-corrected chi connectivity index (χ2v) is 5.05. The first-order chi connectivity index (χ1) is 9.24. The summed E-state index contributed by atoms with van der Waals surface area (Å²) in [4.78, 5) is 9.60. The molecule has 96 valence electrons. The van der Waals surface area contributed by atoms with Crippen molar-refractivity contribution in [2.75, 3.05) is 14.1 Å². The predicted molar refractivity (Wildman–Crippen MR) is 78.9 cm³/mol. The van der Waals surface area contributed by atoms with Crippen molar-refractivity contribution in [3.05, 3.63) is 54.5 Å². The van der Waals surface area contributed by atoms with E-state index in [0.29, 0.717) is 0 Å². The Morgan fingerprint density at radius 1 is 1.05 bits per heavy atom.